The van der Waals surface area contributed by atoms with Gasteiger partial charge in [0.2, 0.25) is 0 Å². The van der Waals surface area contributed by atoms with Crippen LogP contribution >= 0.6 is 11.3 Å². The summed E-state index contributed by atoms with van der Waals surface area (Å²) in [7, 11) is 2.02. The first-order valence-corrected chi connectivity index (χ1v) is 6.88. The van der Waals surface area contributed by atoms with Gasteiger partial charge in [-0.2, -0.15) is 5.10 Å². The molecule has 2 aromatic heterocycles. The molecule has 0 radical (unpaired) electrons. The molecule has 98 valence electrons. The van der Waals surface area contributed by atoms with Crippen molar-refractivity contribution in [3.8, 4) is 0 Å². The fourth-order valence-corrected chi connectivity index (χ4v) is 3.05. The molecule has 2 heterocycles. The predicted molar refractivity (Wildman–Crippen MR) is 72.7 cm³/mol. The molecule has 0 bridgehead atoms. The molecule has 0 unspecified atom stereocenters. The van der Waals surface area contributed by atoms with Crippen LogP contribution in [0.3, 0.4) is 0 Å². The molecule has 0 spiro atoms. The molecule has 0 saturated heterocycles. The number of H-pyrrole nitrogens is 2. The van der Waals surface area contributed by atoms with Crippen molar-refractivity contribution in [3.05, 3.63) is 38.2 Å². The standard InChI is InChI=1S/C12H18N4OS/c1-3-4-9-5-6-10(18-9)7-16(2)8-11-13-12(17)15-14-11/h5-6H,3-4,7-8H2,1-2H3,(H2,13,14,15,17). The summed E-state index contributed by atoms with van der Waals surface area (Å²) < 4.78 is 0. The number of aromatic nitrogens is 3. The number of thiophene rings is 1. The molecule has 0 atom stereocenters. The Balaban J connectivity index is 1.89. The van der Waals surface area contributed by atoms with Crippen LogP contribution in [-0.2, 0) is 19.5 Å². The first-order chi connectivity index (χ1) is 8.67. The Morgan fingerprint density at radius 3 is 2.78 bits per heavy atom. The van der Waals surface area contributed by atoms with E-state index in [9.17, 15) is 4.79 Å². The zero-order chi connectivity index (χ0) is 13.0. The van der Waals surface area contributed by atoms with Crippen molar-refractivity contribution in [2.75, 3.05) is 7.05 Å². The van der Waals surface area contributed by atoms with Crippen LogP contribution in [0.4, 0.5) is 0 Å². The van der Waals surface area contributed by atoms with E-state index in [-0.39, 0.29) is 5.69 Å². The highest BCUT2D eigenvalue weighted by atomic mass is 32.1. The average Bonchev–Trinajstić information content (AvgIpc) is 2.89. The van der Waals surface area contributed by atoms with Gasteiger partial charge in [0.05, 0.1) is 6.54 Å². The molecule has 0 amide bonds. The molecule has 5 nitrogen and oxygen atoms in total. The van der Waals surface area contributed by atoms with E-state index in [4.69, 9.17) is 0 Å². The van der Waals surface area contributed by atoms with Crippen molar-refractivity contribution < 1.29 is 0 Å². The van der Waals surface area contributed by atoms with Gasteiger partial charge in [0.1, 0.15) is 5.82 Å². The summed E-state index contributed by atoms with van der Waals surface area (Å²) in [6.45, 7) is 3.71. The molecule has 6 heteroatoms. The van der Waals surface area contributed by atoms with Crippen molar-refractivity contribution >= 4 is 11.3 Å². The van der Waals surface area contributed by atoms with Gasteiger partial charge < -0.3 is 0 Å². The first-order valence-electron chi connectivity index (χ1n) is 6.07. The lowest BCUT2D eigenvalue weighted by atomic mass is 10.3. The zero-order valence-electron chi connectivity index (χ0n) is 10.7. The first kappa shape index (κ1) is 13.0. The molecule has 2 rings (SSSR count). The maximum Gasteiger partial charge on any atom is 0.340 e. The summed E-state index contributed by atoms with van der Waals surface area (Å²) in [4.78, 5) is 18.5. The van der Waals surface area contributed by atoms with Gasteiger partial charge in [-0.15, -0.1) is 11.3 Å². The highest BCUT2D eigenvalue weighted by molar-refractivity contribution is 7.11. The minimum Gasteiger partial charge on any atom is -0.294 e. The third-order valence-electron chi connectivity index (χ3n) is 2.61. The average molecular weight is 266 g/mol. The monoisotopic (exact) mass is 266 g/mol. The molecule has 2 N–H and O–H groups in total. The van der Waals surface area contributed by atoms with Crippen molar-refractivity contribution in [1.29, 1.82) is 0 Å². The number of nitrogens with zero attached hydrogens (tertiary/aromatic N) is 2. The molecule has 0 aliphatic rings. The van der Waals surface area contributed by atoms with E-state index in [2.05, 4.69) is 39.1 Å². The summed E-state index contributed by atoms with van der Waals surface area (Å²) in [6, 6.07) is 4.38. The van der Waals surface area contributed by atoms with Gasteiger partial charge in [0.15, 0.2) is 0 Å². The third kappa shape index (κ3) is 3.54. The van der Waals surface area contributed by atoms with Crippen LogP contribution in [0, 0.1) is 0 Å². The Morgan fingerprint density at radius 2 is 2.11 bits per heavy atom. The Hall–Kier alpha value is -1.40. The van der Waals surface area contributed by atoms with E-state index in [0.29, 0.717) is 12.4 Å². The van der Waals surface area contributed by atoms with Crippen LogP contribution < -0.4 is 5.69 Å². The molecular formula is C12H18N4OS. The third-order valence-corrected chi connectivity index (χ3v) is 3.74. The normalized spacial score (nSPS) is 11.3. The maximum atomic E-state index is 10.9. The Labute approximate surface area is 110 Å². The minimum atomic E-state index is -0.250. The summed E-state index contributed by atoms with van der Waals surface area (Å²) in [5.74, 6) is 0.674. The van der Waals surface area contributed by atoms with E-state index < -0.39 is 0 Å². The number of hydrogen-bond acceptors (Lipinski definition) is 4. The van der Waals surface area contributed by atoms with Crippen molar-refractivity contribution in [2.24, 2.45) is 0 Å². The number of nitrogens with one attached hydrogen (secondary N) is 2. The Kier molecular flexibility index (Phi) is 4.33. The van der Waals surface area contributed by atoms with Crippen molar-refractivity contribution in [2.45, 2.75) is 32.9 Å². The lowest BCUT2D eigenvalue weighted by molar-refractivity contribution is 0.313. The van der Waals surface area contributed by atoms with Gasteiger partial charge in [0, 0.05) is 16.3 Å². The van der Waals surface area contributed by atoms with Gasteiger partial charge in [-0.1, -0.05) is 13.3 Å². The second-order valence-electron chi connectivity index (χ2n) is 4.41. The van der Waals surface area contributed by atoms with Gasteiger partial charge >= 0.3 is 5.69 Å². The van der Waals surface area contributed by atoms with Crippen LogP contribution in [0.5, 0.6) is 0 Å². The molecule has 2 aromatic rings. The van der Waals surface area contributed by atoms with Crippen molar-refractivity contribution in [3.63, 3.8) is 0 Å². The van der Waals surface area contributed by atoms with E-state index in [0.717, 1.165) is 13.0 Å². The highest BCUT2D eigenvalue weighted by Gasteiger charge is 2.06. The molecule has 0 fully saturated rings. The fraction of sp³-hybridized carbons (Fsp3) is 0.500. The predicted octanol–water partition coefficient (Wildman–Crippen LogP) is 1.74. The smallest absolute Gasteiger partial charge is 0.294 e. The summed E-state index contributed by atoms with van der Waals surface area (Å²) >= 11 is 1.86. The van der Waals surface area contributed by atoms with Crippen LogP contribution in [0.1, 0.15) is 28.9 Å². The number of aromatic amines is 2. The maximum absolute atomic E-state index is 10.9. The highest BCUT2D eigenvalue weighted by Crippen LogP contribution is 2.19. The van der Waals surface area contributed by atoms with Gasteiger partial charge in [0.25, 0.3) is 0 Å². The topological polar surface area (TPSA) is 64.8 Å². The lowest BCUT2D eigenvalue weighted by Gasteiger charge is -2.13. The van der Waals surface area contributed by atoms with E-state index in [1.54, 1.807) is 0 Å². The Bertz CT molecular complexity index is 542. The summed E-state index contributed by atoms with van der Waals surface area (Å²) in [6.07, 6.45) is 2.34. The molecule has 0 aromatic carbocycles. The number of aryl methyl sites for hydroxylation is 1. The van der Waals surface area contributed by atoms with E-state index in [1.807, 2.05) is 18.4 Å². The Morgan fingerprint density at radius 1 is 1.33 bits per heavy atom. The SMILES string of the molecule is CCCc1ccc(CN(C)Cc2n[nH]c(=O)[nH]2)s1. The zero-order valence-corrected chi connectivity index (χ0v) is 11.5. The molecule has 0 aliphatic heterocycles. The van der Waals surface area contributed by atoms with E-state index in [1.165, 1.54) is 16.2 Å². The lowest BCUT2D eigenvalue weighted by Crippen LogP contribution is -2.17. The minimum absolute atomic E-state index is 0.250. The second-order valence-corrected chi connectivity index (χ2v) is 5.67. The van der Waals surface area contributed by atoms with Crippen LogP contribution in [-0.4, -0.2) is 27.1 Å². The largest absolute Gasteiger partial charge is 0.340 e. The van der Waals surface area contributed by atoms with Crippen LogP contribution in [0.2, 0.25) is 0 Å². The second kappa shape index (κ2) is 5.97. The van der Waals surface area contributed by atoms with Crippen LogP contribution in [0.25, 0.3) is 0 Å². The van der Waals surface area contributed by atoms with Crippen molar-refractivity contribution in [1.82, 2.24) is 20.1 Å². The number of rotatable bonds is 6. The number of hydrogen-bond donors (Lipinski definition) is 2. The quantitative estimate of drug-likeness (QED) is 0.837. The fourth-order valence-electron chi connectivity index (χ4n) is 1.85. The van der Waals surface area contributed by atoms with Gasteiger partial charge in [-0.25, -0.2) is 9.89 Å². The molecular weight excluding hydrogens is 248 g/mol. The molecule has 0 saturated carbocycles. The molecule has 0 aliphatic carbocycles. The van der Waals surface area contributed by atoms with Crippen LogP contribution in [0.15, 0.2) is 16.9 Å². The van der Waals surface area contributed by atoms with E-state index >= 15 is 0 Å². The molecule has 18 heavy (non-hydrogen) atoms. The van der Waals surface area contributed by atoms with Gasteiger partial charge in [-0.3, -0.25) is 9.88 Å². The summed E-state index contributed by atoms with van der Waals surface area (Å²) in [5.41, 5.74) is -0.250. The van der Waals surface area contributed by atoms with Gasteiger partial charge in [-0.05, 0) is 25.6 Å². The summed E-state index contributed by atoms with van der Waals surface area (Å²) in [5, 5.41) is 6.27.